The highest BCUT2D eigenvalue weighted by atomic mass is 16.5. The van der Waals surface area contributed by atoms with Crippen molar-refractivity contribution in [3.63, 3.8) is 0 Å². The van der Waals surface area contributed by atoms with Crippen LogP contribution in [-0.2, 0) is 9.53 Å². The van der Waals surface area contributed by atoms with Crippen molar-refractivity contribution in [3.8, 4) is 0 Å². The number of hydrogen-bond donors (Lipinski definition) is 0. The first kappa shape index (κ1) is 15.1. The van der Waals surface area contributed by atoms with E-state index < -0.39 is 0 Å². The highest BCUT2D eigenvalue weighted by molar-refractivity contribution is 5.48. The third kappa shape index (κ3) is 18.5. The molecule has 0 spiro atoms. The first-order valence-electron chi connectivity index (χ1n) is 5.28. The summed E-state index contributed by atoms with van der Waals surface area (Å²) in [7, 11) is 0. The van der Waals surface area contributed by atoms with E-state index >= 15 is 0 Å². The highest BCUT2D eigenvalue weighted by Crippen LogP contribution is 1.98. The molecule has 0 saturated carbocycles. The average molecular weight is 188 g/mol. The lowest BCUT2D eigenvalue weighted by Gasteiger charge is -2.08. The van der Waals surface area contributed by atoms with Crippen LogP contribution in [-0.4, -0.2) is 19.0 Å². The molecule has 0 heterocycles. The van der Waals surface area contributed by atoms with E-state index in [4.69, 9.17) is 4.74 Å². The topological polar surface area (TPSA) is 26.3 Å². The third-order valence-corrected chi connectivity index (χ3v) is 1.55. The predicted octanol–water partition coefficient (Wildman–Crippen LogP) is 3.20. The van der Waals surface area contributed by atoms with E-state index in [9.17, 15) is 4.79 Å². The van der Waals surface area contributed by atoms with E-state index in [1.54, 1.807) is 0 Å². The molecule has 0 fully saturated rings. The van der Waals surface area contributed by atoms with Crippen LogP contribution in [0.1, 0.15) is 53.4 Å². The quantitative estimate of drug-likeness (QED) is 0.598. The zero-order chi connectivity index (χ0) is 10.5. The summed E-state index contributed by atoms with van der Waals surface area (Å²) in [6.45, 7) is 9.16. The molecule has 0 amide bonds. The van der Waals surface area contributed by atoms with Crippen LogP contribution < -0.4 is 0 Å². The lowest BCUT2D eigenvalue weighted by molar-refractivity contribution is -0.107. The standard InChI is InChI=1S/C7H16O.C4H8O/c1-4-6-7(3)8-5-2;1-2-3-4-5/h7H,4-6H2,1-3H3;4H,2-3H2,1H3. The van der Waals surface area contributed by atoms with E-state index in [2.05, 4.69) is 13.8 Å². The maximum absolute atomic E-state index is 9.40. The Morgan fingerprint density at radius 2 is 1.85 bits per heavy atom. The van der Waals surface area contributed by atoms with Gasteiger partial charge in [-0.05, 0) is 26.7 Å². The molecule has 0 saturated heterocycles. The number of unbranched alkanes of at least 4 members (excludes halogenated alkanes) is 1. The van der Waals surface area contributed by atoms with Gasteiger partial charge in [0.15, 0.2) is 0 Å². The second kappa shape index (κ2) is 14.2. The van der Waals surface area contributed by atoms with Gasteiger partial charge in [-0.2, -0.15) is 0 Å². The van der Waals surface area contributed by atoms with E-state index in [1.165, 1.54) is 12.8 Å². The number of rotatable bonds is 6. The highest BCUT2D eigenvalue weighted by Gasteiger charge is 1.95. The summed E-state index contributed by atoms with van der Waals surface area (Å²) in [5, 5.41) is 0. The molecule has 0 aromatic carbocycles. The van der Waals surface area contributed by atoms with Crippen molar-refractivity contribution in [2.45, 2.75) is 59.5 Å². The van der Waals surface area contributed by atoms with Crippen LogP contribution in [0.25, 0.3) is 0 Å². The molecule has 0 radical (unpaired) electrons. The van der Waals surface area contributed by atoms with Gasteiger partial charge in [0.25, 0.3) is 0 Å². The van der Waals surface area contributed by atoms with Gasteiger partial charge in [-0.3, -0.25) is 0 Å². The van der Waals surface area contributed by atoms with E-state index in [1.807, 2.05) is 13.8 Å². The van der Waals surface area contributed by atoms with Gasteiger partial charge in [-0.25, -0.2) is 0 Å². The summed E-state index contributed by atoms with van der Waals surface area (Å²) in [5.74, 6) is 0. The normalized spacial score (nSPS) is 11.4. The molecule has 0 N–H and O–H groups in total. The minimum absolute atomic E-state index is 0.463. The first-order chi connectivity index (χ1) is 6.22. The first-order valence-corrected chi connectivity index (χ1v) is 5.28. The van der Waals surface area contributed by atoms with Crippen LogP contribution in [0.4, 0.5) is 0 Å². The summed E-state index contributed by atoms with van der Waals surface area (Å²) in [4.78, 5) is 9.40. The van der Waals surface area contributed by atoms with Gasteiger partial charge in [0.1, 0.15) is 6.29 Å². The van der Waals surface area contributed by atoms with Gasteiger partial charge in [-0.15, -0.1) is 0 Å². The molecule has 0 aliphatic rings. The van der Waals surface area contributed by atoms with Gasteiger partial charge in [0.05, 0.1) is 6.10 Å². The zero-order valence-electron chi connectivity index (χ0n) is 9.51. The molecular weight excluding hydrogens is 164 g/mol. The predicted molar refractivity (Wildman–Crippen MR) is 57.0 cm³/mol. The zero-order valence-corrected chi connectivity index (χ0v) is 9.51. The average Bonchev–Trinajstić information content (AvgIpc) is 2.08. The van der Waals surface area contributed by atoms with Gasteiger partial charge in [0.2, 0.25) is 0 Å². The fourth-order valence-corrected chi connectivity index (χ4v) is 0.892. The molecule has 0 bridgehead atoms. The van der Waals surface area contributed by atoms with E-state index in [0.717, 1.165) is 19.3 Å². The van der Waals surface area contributed by atoms with Crippen LogP contribution >= 0.6 is 0 Å². The lowest BCUT2D eigenvalue weighted by atomic mass is 10.2. The summed E-state index contributed by atoms with van der Waals surface area (Å²) >= 11 is 0. The molecule has 0 aliphatic carbocycles. The van der Waals surface area contributed by atoms with E-state index in [0.29, 0.717) is 12.5 Å². The summed E-state index contributed by atoms with van der Waals surface area (Å²) in [6.07, 6.45) is 5.49. The van der Waals surface area contributed by atoms with Gasteiger partial charge < -0.3 is 9.53 Å². The molecule has 2 nitrogen and oxygen atoms in total. The van der Waals surface area contributed by atoms with Crippen molar-refractivity contribution in [1.82, 2.24) is 0 Å². The summed E-state index contributed by atoms with van der Waals surface area (Å²) in [6, 6.07) is 0. The van der Waals surface area contributed by atoms with Gasteiger partial charge in [0, 0.05) is 13.0 Å². The molecule has 0 aromatic heterocycles. The Kier molecular flexibility index (Phi) is 16.5. The molecule has 0 aromatic rings. The monoisotopic (exact) mass is 188 g/mol. The summed E-state index contributed by atoms with van der Waals surface area (Å²) < 4.78 is 5.28. The Labute approximate surface area is 82.7 Å². The number of carbonyl (C=O) groups excluding carboxylic acids is 1. The number of carbonyl (C=O) groups is 1. The molecule has 0 aliphatic heterocycles. The Bertz CT molecular complexity index is 86.1. The van der Waals surface area contributed by atoms with Crippen LogP contribution in [0.3, 0.4) is 0 Å². The maximum Gasteiger partial charge on any atom is 0.119 e. The van der Waals surface area contributed by atoms with Crippen molar-refractivity contribution in [1.29, 1.82) is 0 Å². The summed E-state index contributed by atoms with van der Waals surface area (Å²) in [5.41, 5.74) is 0. The van der Waals surface area contributed by atoms with Crippen molar-refractivity contribution < 1.29 is 9.53 Å². The third-order valence-electron chi connectivity index (χ3n) is 1.55. The second-order valence-corrected chi connectivity index (χ2v) is 3.01. The Balaban J connectivity index is 0. The molecule has 0 rings (SSSR count). The van der Waals surface area contributed by atoms with Gasteiger partial charge >= 0.3 is 0 Å². The van der Waals surface area contributed by atoms with E-state index in [-0.39, 0.29) is 0 Å². The molecule has 13 heavy (non-hydrogen) atoms. The van der Waals surface area contributed by atoms with Crippen molar-refractivity contribution in [3.05, 3.63) is 0 Å². The minimum atomic E-state index is 0.463. The van der Waals surface area contributed by atoms with Crippen LogP contribution in [0, 0.1) is 0 Å². The largest absolute Gasteiger partial charge is 0.379 e. The molecule has 80 valence electrons. The lowest BCUT2D eigenvalue weighted by Crippen LogP contribution is -2.06. The SMILES string of the molecule is CCCC(C)OCC.CCCC=O. The number of aldehydes is 1. The smallest absolute Gasteiger partial charge is 0.119 e. The number of ether oxygens (including phenoxy) is 1. The molecular formula is C11H24O2. The minimum Gasteiger partial charge on any atom is -0.379 e. The number of hydrogen-bond acceptors (Lipinski definition) is 2. The van der Waals surface area contributed by atoms with Crippen molar-refractivity contribution in [2.24, 2.45) is 0 Å². The molecule has 2 heteroatoms. The molecule has 1 atom stereocenters. The fraction of sp³-hybridized carbons (Fsp3) is 0.909. The Morgan fingerprint density at radius 1 is 1.23 bits per heavy atom. The fourth-order valence-electron chi connectivity index (χ4n) is 0.892. The maximum atomic E-state index is 9.40. The van der Waals surface area contributed by atoms with Crippen LogP contribution in [0.15, 0.2) is 0 Å². The Morgan fingerprint density at radius 3 is 2.08 bits per heavy atom. The van der Waals surface area contributed by atoms with Crippen molar-refractivity contribution >= 4 is 6.29 Å². The second-order valence-electron chi connectivity index (χ2n) is 3.01. The molecule has 1 unspecified atom stereocenters. The Hall–Kier alpha value is -0.370. The van der Waals surface area contributed by atoms with Crippen LogP contribution in [0.2, 0.25) is 0 Å². The van der Waals surface area contributed by atoms with Crippen molar-refractivity contribution in [2.75, 3.05) is 6.61 Å². The van der Waals surface area contributed by atoms with Crippen LogP contribution in [0.5, 0.6) is 0 Å². The van der Waals surface area contributed by atoms with Gasteiger partial charge in [-0.1, -0.05) is 20.3 Å².